The summed E-state index contributed by atoms with van der Waals surface area (Å²) >= 11 is 0. The van der Waals surface area contributed by atoms with E-state index in [0.717, 1.165) is 31.0 Å². The highest BCUT2D eigenvalue weighted by atomic mass is 16.5. The molecule has 0 aromatic heterocycles. The number of carbonyl (C=O) groups is 3. The van der Waals surface area contributed by atoms with E-state index >= 15 is 0 Å². The molecule has 26 heavy (non-hydrogen) atoms. The van der Waals surface area contributed by atoms with Gasteiger partial charge in [-0.15, -0.1) is 0 Å². The lowest BCUT2D eigenvalue weighted by Crippen LogP contribution is -2.38. The first-order chi connectivity index (χ1) is 12.3. The number of hydrogen-bond acceptors (Lipinski definition) is 4. The normalized spacial score (nSPS) is 28.7. The number of rotatable bonds is 7. The third-order valence-corrected chi connectivity index (χ3v) is 5.00. The van der Waals surface area contributed by atoms with Crippen LogP contribution in [0.25, 0.3) is 0 Å². The van der Waals surface area contributed by atoms with Gasteiger partial charge in [0.05, 0.1) is 0 Å². The molecule has 0 N–H and O–H groups in total. The van der Waals surface area contributed by atoms with Crippen molar-refractivity contribution in [3.63, 3.8) is 0 Å². The Morgan fingerprint density at radius 2 is 1.96 bits per heavy atom. The average molecular weight is 360 g/mol. The quantitative estimate of drug-likeness (QED) is 0.378. The Kier molecular flexibility index (Phi) is 9.25. The van der Waals surface area contributed by atoms with Crippen molar-refractivity contribution in [3.8, 4) is 0 Å². The maximum atomic E-state index is 11.9. The number of ether oxygens (including phenoxy) is 1. The Morgan fingerprint density at radius 3 is 2.50 bits per heavy atom. The van der Waals surface area contributed by atoms with Crippen molar-refractivity contribution in [2.24, 2.45) is 17.8 Å². The molecule has 0 saturated carbocycles. The second kappa shape index (κ2) is 10.9. The fourth-order valence-electron chi connectivity index (χ4n) is 3.70. The molecule has 144 valence electrons. The van der Waals surface area contributed by atoms with E-state index < -0.39 is 12.0 Å². The van der Waals surface area contributed by atoms with Gasteiger partial charge in [0.25, 0.3) is 0 Å². The molecule has 1 aliphatic rings. The topological polar surface area (TPSA) is 60.4 Å². The molecular formula is C22H32O4. The molecule has 0 aliphatic heterocycles. The second-order valence-corrected chi connectivity index (χ2v) is 7.54. The van der Waals surface area contributed by atoms with Gasteiger partial charge in [-0.25, -0.2) is 0 Å². The smallest absolute Gasteiger partial charge is 0.302 e. The van der Waals surface area contributed by atoms with Gasteiger partial charge in [-0.3, -0.25) is 9.59 Å². The lowest BCUT2D eigenvalue weighted by Gasteiger charge is -2.35. The molecule has 0 fully saturated rings. The van der Waals surface area contributed by atoms with Gasteiger partial charge < -0.3 is 9.53 Å². The molecule has 0 aromatic rings. The molecule has 0 saturated heterocycles. The Hall–Kier alpha value is -1.97. The Balaban J connectivity index is 3.28. The zero-order valence-corrected chi connectivity index (χ0v) is 16.7. The van der Waals surface area contributed by atoms with Gasteiger partial charge in [-0.05, 0) is 51.5 Å². The summed E-state index contributed by atoms with van der Waals surface area (Å²) in [5.74, 6) is -1.01. The van der Waals surface area contributed by atoms with Gasteiger partial charge in [0, 0.05) is 25.2 Å². The van der Waals surface area contributed by atoms with E-state index in [9.17, 15) is 14.4 Å². The first-order valence-corrected chi connectivity index (χ1v) is 9.36. The van der Waals surface area contributed by atoms with Crippen molar-refractivity contribution in [1.82, 2.24) is 0 Å². The van der Waals surface area contributed by atoms with Gasteiger partial charge in [0.15, 0.2) is 0 Å². The highest BCUT2D eigenvalue weighted by Crippen LogP contribution is 2.36. The first-order valence-electron chi connectivity index (χ1n) is 9.36. The van der Waals surface area contributed by atoms with Crippen LogP contribution in [0, 0.1) is 17.8 Å². The predicted molar refractivity (Wildman–Crippen MR) is 104 cm³/mol. The molecular weight excluding hydrogens is 328 g/mol. The van der Waals surface area contributed by atoms with E-state index in [-0.39, 0.29) is 17.8 Å². The Labute approximate surface area is 157 Å². The predicted octanol–water partition coefficient (Wildman–Crippen LogP) is 4.60. The summed E-state index contributed by atoms with van der Waals surface area (Å²) in [6.45, 7) is 9.58. The summed E-state index contributed by atoms with van der Waals surface area (Å²) < 4.78 is 5.64. The van der Waals surface area contributed by atoms with Crippen LogP contribution in [-0.2, 0) is 19.1 Å². The van der Waals surface area contributed by atoms with Crippen LogP contribution < -0.4 is 0 Å². The lowest BCUT2D eigenvalue weighted by molar-refractivity contribution is -0.152. The minimum atomic E-state index is -0.558. The fraction of sp³-hybridized carbons (Fsp3) is 0.591. The molecule has 4 nitrogen and oxygen atoms in total. The molecule has 1 rings (SSSR count). The van der Waals surface area contributed by atoms with Gasteiger partial charge in [0.1, 0.15) is 18.7 Å². The SMILES string of the molecule is CC(=O)O[C@H]1C/C(C)=C/C/C=C(/C=O)[C@@H](C=O)[C@@H]1[C@H](C)CCC=C(C)C. The van der Waals surface area contributed by atoms with Crippen LogP contribution in [0.3, 0.4) is 0 Å². The van der Waals surface area contributed by atoms with Crippen LogP contribution in [-0.4, -0.2) is 24.6 Å². The average Bonchev–Trinajstić information content (AvgIpc) is 2.61. The largest absolute Gasteiger partial charge is 0.462 e. The van der Waals surface area contributed by atoms with Crippen LogP contribution in [0.1, 0.15) is 60.3 Å². The van der Waals surface area contributed by atoms with E-state index in [1.54, 1.807) is 0 Å². The molecule has 1 aliphatic carbocycles. The number of esters is 1. The van der Waals surface area contributed by atoms with Crippen LogP contribution in [0.15, 0.2) is 34.9 Å². The van der Waals surface area contributed by atoms with Crippen molar-refractivity contribution in [2.75, 3.05) is 0 Å². The zero-order valence-electron chi connectivity index (χ0n) is 16.7. The molecule has 0 bridgehead atoms. The molecule has 4 heteroatoms. The van der Waals surface area contributed by atoms with Gasteiger partial charge in [-0.2, -0.15) is 0 Å². The number of allylic oxidation sites excluding steroid dienone is 5. The third kappa shape index (κ3) is 6.74. The van der Waals surface area contributed by atoms with E-state index in [0.29, 0.717) is 18.4 Å². The molecule has 0 amide bonds. The zero-order chi connectivity index (χ0) is 19.7. The summed E-state index contributed by atoms with van der Waals surface area (Å²) in [5, 5.41) is 0. The Bertz CT molecular complexity index is 593. The van der Waals surface area contributed by atoms with Crippen molar-refractivity contribution >= 4 is 18.5 Å². The number of carbonyl (C=O) groups excluding carboxylic acids is 3. The van der Waals surface area contributed by atoms with Crippen molar-refractivity contribution in [1.29, 1.82) is 0 Å². The summed E-state index contributed by atoms with van der Waals surface area (Å²) in [7, 11) is 0. The number of aldehydes is 2. The third-order valence-electron chi connectivity index (χ3n) is 5.00. The summed E-state index contributed by atoms with van der Waals surface area (Å²) in [5.41, 5.74) is 2.84. The van der Waals surface area contributed by atoms with Crippen LogP contribution >= 0.6 is 0 Å². The molecule has 4 atom stereocenters. The maximum absolute atomic E-state index is 11.9. The van der Waals surface area contributed by atoms with E-state index in [1.807, 2.05) is 19.1 Å². The first kappa shape index (κ1) is 22.1. The molecule has 0 radical (unpaired) electrons. The van der Waals surface area contributed by atoms with E-state index in [1.165, 1.54) is 12.5 Å². The summed E-state index contributed by atoms with van der Waals surface area (Å²) in [4.78, 5) is 35.3. The maximum Gasteiger partial charge on any atom is 0.302 e. The summed E-state index contributed by atoms with van der Waals surface area (Å²) in [6, 6.07) is 0. The standard InChI is InChI=1S/C22H32O4/c1-15(2)8-6-10-17(4)22-20(14-24)19(13-23)11-7-9-16(3)12-21(22)26-18(5)25/h8-9,11,13-14,17,20-22H,6-7,10,12H2,1-5H3/b16-9+,19-11-/t17-,20-,21+,22+/m1/s1. The van der Waals surface area contributed by atoms with Crippen LogP contribution in [0.5, 0.6) is 0 Å². The van der Waals surface area contributed by atoms with E-state index in [4.69, 9.17) is 4.74 Å². The van der Waals surface area contributed by atoms with Crippen molar-refractivity contribution in [3.05, 3.63) is 34.9 Å². The number of hydrogen-bond donors (Lipinski definition) is 0. The van der Waals surface area contributed by atoms with Gasteiger partial charge in [-0.1, -0.05) is 36.3 Å². The van der Waals surface area contributed by atoms with Crippen LogP contribution in [0.4, 0.5) is 0 Å². The van der Waals surface area contributed by atoms with Crippen molar-refractivity contribution in [2.45, 2.75) is 66.4 Å². The van der Waals surface area contributed by atoms with Gasteiger partial charge >= 0.3 is 5.97 Å². The molecule has 0 unspecified atom stereocenters. The van der Waals surface area contributed by atoms with Crippen LogP contribution in [0.2, 0.25) is 0 Å². The lowest BCUT2D eigenvalue weighted by atomic mass is 9.73. The highest BCUT2D eigenvalue weighted by Gasteiger charge is 2.37. The fourth-order valence-corrected chi connectivity index (χ4v) is 3.70. The molecule has 0 spiro atoms. The second-order valence-electron chi connectivity index (χ2n) is 7.54. The highest BCUT2D eigenvalue weighted by molar-refractivity contribution is 5.81. The summed E-state index contributed by atoms with van der Waals surface area (Å²) in [6.07, 6.45) is 10.2. The monoisotopic (exact) mass is 360 g/mol. The van der Waals surface area contributed by atoms with E-state index in [2.05, 4.69) is 26.8 Å². The van der Waals surface area contributed by atoms with Crippen molar-refractivity contribution < 1.29 is 19.1 Å². The molecule has 0 aromatic carbocycles. The minimum Gasteiger partial charge on any atom is -0.462 e. The minimum absolute atomic E-state index is 0.124. The van der Waals surface area contributed by atoms with Gasteiger partial charge in [0.2, 0.25) is 0 Å². The Morgan fingerprint density at radius 1 is 1.27 bits per heavy atom. The molecule has 0 heterocycles.